The molecule has 8 nitrogen and oxygen atoms in total. The Morgan fingerprint density at radius 2 is 1.97 bits per heavy atom. The van der Waals surface area contributed by atoms with Gasteiger partial charge in [-0.3, -0.25) is 9.36 Å². The van der Waals surface area contributed by atoms with Crippen molar-refractivity contribution in [3.63, 3.8) is 0 Å². The van der Waals surface area contributed by atoms with Crippen molar-refractivity contribution < 1.29 is 32.3 Å². The molecule has 0 aliphatic carbocycles. The molecular weight excluding hydrogens is 438 g/mol. The fraction of sp³-hybridized carbons (Fsp3) is 0.294. The van der Waals surface area contributed by atoms with Gasteiger partial charge < -0.3 is 9.94 Å². The Labute approximate surface area is 170 Å². The summed E-state index contributed by atoms with van der Waals surface area (Å²) in [5, 5.41) is 12.1. The standard InChI is InChI=1S/C17H14ClF4N3O5/c1-3-12(15(27)28)30-23-7-8-4-11(10(19)5-9(8)18)25-14(26)6-13(17(20,21)22)24(2)16(25)29/h4-7,12H,3H2,1-2H3,(H,27,28)/b23-7+. The van der Waals surface area contributed by atoms with Gasteiger partial charge in [-0.1, -0.05) is 23.7 Å². The molecule has 0 radical (unpaired) electrons. The quantitative estimate of drug-likeness (QED) is 0.413. The van der Waals surface area contributed by atoms with Crippen LogP contribution in [0.2, 0.25) is 5.02 Å². The summed E-state index contributed by atoms with van der Waals surface area (Å²) >= 11 is 5.87. The van der Waals surface area contributed by atoms with Crippen LogP contribution in [0.25, 0.3) is 5.69 Å². The van der Waals surface area contributed by atoms with E-state index in [2.05, 4.69) is 5.16 Å². The summed E-state index contributed by atoms with van der Waals surface area (Å²) in [6.07, 6.45) is -5.23. The number of carboxylic acid groups (broad SMARTS) is 1. The first-order chi connectivity index (χ1) is 13.9. The molecule has 1 atom stereocenters. The SMILES string of the molecule is CCC(O/N=C/c1cc(-n2c(=O)cc(C(F)(F)F)n(C)c2=O)c(F)cc1Cl)C(=O)O. The topological polar surface area (TPSA) is 103 Å². The molecule has 0 aliphatic heterocycles. The minimum atomic E-state index is -4.97. The van der Waals surface area contributed by atoms with E-state index in [4.69, 9.17) is 21.5 Å². The second kappa shape index (κ2) is 8.69. The lowest BCUT2D eigenvalue weighted by molar-refractivity contribution is -0.150. The number of rotatable bonds is 6. The third-order valence-corrected chi connectivity index (χ3v) is 4.27. The molecule has 0 fully saturated rings. The van der Waals surface area contributed by atoms with E-state index in [9.17, 15) is 31.9 Å². The zero-order valence-electron chi connectivity index (χ0n) is 15.4. The van der Waals surface area contributed by atoms with E-state index in [0.29, 0.717) is 0 Å². The number of carboxylic acids is 1. The van der Waals surface area contributed by atoms with Crippen molar-refractivity contribution >= 4 is 23.8 Å². The Balaban J connectivity index is 2.58. The number of hydrogen-bond donors (Lipinski definition) is 1. The highest BCUT2D eigenvalue weighted by atomic mass is 35.5. The van der Waals surface area contributed by atoms with Crippen molar-refractivity contribution in [3.05, 3.63) is 61.1 Å². The third-order valence-electron chi connectivity index (χ3n) is 3.94. The van der Waals surface area contributed by atoms with E-state index in [-0.39, 0.29) is 32.2 Å². The number of carbonyl (C=O) groups is 1. The number of oxime groups is 1. The maximum absolute atomic E-state index is 14.4. The molecule has 1 unspecified atom stereocenters. The van der Waals surface area contributed by atoms with Gasteiger partial charge in [-0.2, -0.15) is 13.2 Å². The van der Waals surface area contributed by atoms with Crippen molar-refractivity contribution in [1.29, 1.82) is 0 Å². The third kappa shape index (κ3) is 4.70. The van der Waals surface area contributed by atoms with Crippen LogP contribution in [-0.4, -0.2) is 32.5 Å². The number of benzene rings is 1. The van der Waals surface area contributed by atoms with Crippen LogP contribution in [0.1, 0.15) is 24.6 Å². The van der Waals surface area contributed by atoms with Crippen LogP contribution in [0, 0.1) is 5.82 Å². The first-order valence-electron chi connectivity index (χ1n) is 8.20. The number of nitrogens with zero attached hydrogens (tertiary/aromatic N) is 3. The second-order valence-corrected chi connectivity index (χ2v) is 6.35. The van der Waals surface area contributed by atoms with Gasteiger partial charge in [0.1, 0.15) is 11.5 Å². The molecule has 1 heterocycles. The molecule has 2 rings (SSSR count). The monoisotopic (exact) mass is 451 g/mol. The van der Waals surface area contributed by atoms with E-state index in [1.54, 1.807) is 0 Å². The fourth-order valence-electron chi connectivity index (χ4n) is 2.40. The predicted octanol–water partition coefficient (Wildman–Crippen LogP) is 2.56. The molecule has 0 aliphatic rings. The van der Waals surface area contributed by atoms with Crippen molar-refractivity contribution in [2.24, 2.45) is 12.2 Å². The minimum Gasteiger partial charge on any atom is -0.478 e. The summed E-state index contributed by atoms with van der Waals surface area (Å²) in [5.74, 6) is -2.44. The summed E-state index contributed by atoms with van der Waals surface area (Å²) < 4.78 is 53.6. The highest BCUT2D eigenvalue weighted by molar-refractivity contribution is 6.33. The molecule has 1 N–H and O–H groups in total. The Bertz CT molecular complexity index is 1120. The van der Waals surface area contributed by atoms with Gasteiger partial charge >= 0.3 is 17.8 Å². The molecule has 0 saturated carbocycles. The molecular formula is C17H14ClF4N3O5. The van der Waals surface area contributed by atoms with Gasteiger partial charge in [-0.15, -0.1) is 0 Å². The average Bonchev–Trinajstić information content (AvgIpc) is 2.63. The van der Waals surface area contributed by atoms with Crippen LogP contribution >= 0.6 is 11.6 Å². The summed E-state index contributed by atoms with van der Waals surface area (Å²) in [7, 11) is 0.780. The van der Waals surface area contributed by atoms with Crippen LogP contribution in [0.15, 0.2) is 32.9 Å². The number of halogens is 5. The molecule has 162 valence electrons. The van der Waals surface area contributed by atoms with Crippen LogP contribution in [-0.2, 0) is 22.9 Å². The van der Waals surface area contributed by atoms with E-state index in [0.717, 1.165) is 25.4 Å². The van der Waals surface area contributed by atoms with Gasteiger partial charge in [-0.25, -0.2) is 18.5 Å². The van der Waals surface area contributed by atoms with Crippen molar-refractivity contribution in [1.82, 2.24) is 9.13 Å². The molecule has 0 saturated heterocycles. The van der Waals surface area contributed by atoms with Gasteiger partial charge in [0.15, 0.2) is 0 Å². The second-order valence-electron chi connectivity index (χ2n) is 5.94. The first kappa shape index (κ1) is 23.1. The normalized spacial score (nSPS) is 12.9. The molecule has 30 heavy (non-hydrogen) atoms. The van der Waals surface area contributed by atoms with Gasteiger partial charge in [-0.05, 0) is 18.6 Å². The molecule has 0 spiro atoms. The van der Waals surface area contributed by atoms with Gasteiger partial charge in [0.05, 0.1) is 16.9 Å². The smallest absolute Gasteiger partial charge is 0.431 e. The molecule has 2 aromatic rings. The maximum atomic E-state index is 14.4. The Morgan fingerprint density at radius 3 is 2.50 bits per heavy atom. The van der Waals surface area contributed by atoms with E-state index < -0.39 is 46.7 Å². The Hall–Kier alpha value is -3.15. The highest BCUT2D eigenvalue weighted by Gasteiger charge is 2.35. The van der Waals surface area contributed by atoms with Crippen LogP contribution < -0.4 is 11.2 Å². The zero-order valence-corrected chi connectivity index (χ0v) is 16.2. The number of aromatic nitrogens is 2. The summed E-state index contributed by atoms with van der Waals surface area (Å²) in [6.45, 7) is 1.53. The predicted molar refractivity (Wildman–Crippen MR) is 97.6 cm³/mol. The van der Waals surface area contributed by atoms with Crippen LogP contribution in [0.4, 0.5) is 17.6 Å². The molecule has 1 aromatic carbocycles. The van der Waals surface area contributed by atoms with Gasteiger partial charge in [0.25, 0.3) is 5.56 Å². The number of aliphatic carboxylic acids is 1. The van der Waals surface area contributed by atoms with Gasteiger partial charge in [0, 0.05) is 18.7 Å². The van der Waals surface area contributed by atoms with Gasteiger partial charge in [0.2, 0.25) is 6.10 Å². The van der Waals surface area contributed by atoms with E-state index in [1.165, 1.54) is 6.92 Å². The fourth-order valence-corrected chi connectivity index (χ4v) is 2.60. The largest absolute Gasteiger partial charge is 0.478 e. The Kier molecular flexibility index (Phi) is 6.70. The lowest BCUT2D eigenvalue weighted by Gasteiger charge is -2.14. The van der Waals surface area contributed by atoms with Crippen molar-refractivity contribution in [3.8, 4) is 5.69 Å². The molecule has 0 amide bonds. The zero-order chi connectivity index (χ0) is 22.8. The first-order valence-corrected chi connectivity index (χ1v) is 8.58. The summed E-state index contributed by atoms with van der Waals surface area (Å²) in [6, 6.07) is 1.77. The Morgan fingerprint density at radius 1 is 1.33 bits per heavy atom. The minimum absolute atomic E-state index is 0.0813. The van der Waals surface area contributed by atoms with E-state index in [1.807, 2.05) is 0 Å². The molecule has 13 heteroatoms. The maximum Gasteiger partial charge on any atom is 0.431 e. The lowest BCUT2D eigenvalue weighted by Crippen LogP contribution is -2.41. The number of alkyl halides is 3. The lowest BCUT2D eigenvalue weighted by atomic mass is 10.2. The average molecular weight is 452 g/mol. The van der Waals surface area contributed by atoms with Crippen LogP contribution in [0.5, 0.6) is 0 Å². The van der Waals surface area contributed by atoms with E-state index >= 15 is 0 Å². The van der Waals surface area contributed by atoms with Crippen molar-refractivity contribution in [2.45, 2.75) is 25.6 Å². The summed E-state index contributed by atoms with van der Waals surface area (Å²) in [4.78, 5) is 40.1. The number of hydrogen-bond acceptors (Lipinski definition) is 5. The highest BCUT2D eigenvalue weighted by Crippen LogP contribution is 2.27. The summed E-state index contributed by atoms with van der Waals surface area (Å²) in [5.41, 5.74) is -5.11. The van der Waals surface area contributed by atoms with Crippen molar-refractivity contribution in [2.75, 3.05) is 0 Å². The molecule has 1 aromatic heterocycles. The van der Waals surface area contributed by atoms with Crippen LogP contribution in [0.3, 0.4) is 0 Å². The molecule has 0 bridgehead atoms.